The number of hydrogen-bond acceptors (Lipinski definition) is 4. The predicted molar refractivity (Wildman–Crippen MR) is 67.0 cm³/mol. The minimum atomic E-state index is -0.590. The van der Waals surface area contributed by atoms with Crippen molar-refractivity contribution in [2.24, 2.45) is 0 Å². The molecule has 1 aromatic carbocycles. The molecule has 1 aliphatic rings. The second-order valence-corrected chi connectivity index (χ2v) is 5.43. The number of rotatable bonds is 5. The fourth-order valence-corrected chi connectivity index (χ4v) is 2.38. The van der Waals surface area contributed by atoms with Gasteiger partial charge in [-0.05, 0) is 31.2 Å². The number of nitro benzene ring substituents is 1. The van der Waals surface area contributed by atoms with Crippen LogP contribution in [-0.4, -0.2) is 22.5 Å². The number of hydrogen-bond donors (Lipinski definition) is 1. The highest BCUT2D eigenvalue weighted by atomic mass is 32.2. The minimum Gasteiger partial charge on any atom is -0.378 e. The summed E-state index contributed by atoms with van der Waals surface area (Å²) < 4.78 is 13.1. The Bertz CT molecular complexity index is 449. The second kappa shape index (κ2) is 4.52. The van der Waals surface area contributed by atoms with E-state index in [2.05, 4.69) is 5.32 Å². The molecule has 1 aromatic rings. The van der Waals surface area contributed by atoms with Gasteiger partial charge in [0.15, 0.2) is 0 Å². The zero-order valence-electron chi connectivity index (χ0n) is 9.40. The molecule has 2 rings (SSSR count). The highest BCUT2D eigenvalue weighted by Crippen LogP contribution is 2.47. The molecule has 92 valence electrons. The van der Waals surface area contributed by atoms with Crippen LogP contribution in [0.1, 0.15) is 12.8 Å². The first kappa shape index (κ1) is 12.2. The quantitative estimate of drug-likeness (QED) is 0.650. The van der Waals surface area contributed by atoms with E-state index in [4.69, 9.17) is 0 Å². The topological polar surface area (TPSA) is 55.2 Å². The van der Waals surface area contributed by atoms with Gasteiger partial charge in [0, 0.05) is 11.3 Å². The van der Waals surface area contributed by atoms with E-state index in [0.717, 1.165) is 18.9 Å². The van der Waals surface area contributed by atoms with Gasteiger partial charge in [-0.25, -0.2) is 4.39 Å². The predicted octanol–water partition coefficient (Wildman–Crippen LogP) is 3.04. The Hall–Kier alpha value is -1.30. The molecule has 1 N–H and O–H groups in total. The number of anilines is 1. The van der Waals surface area contributed by atoms with Crippen LogP contribution in [0.3, 0.4) is 0 Å². The number of benzene rings is 1. The molecule has 0 unspecified atom stereocenters. The van der Waals surface area contributed by atoms with Crippen LogP contribution in [0.25, 0.3) is 0 Å². The summed E-state index contributed by atoms with van der Waals surface area (Å²) in [5.74, 6) is -0.590. The second-order valence-electron chi connectivity index (χ2n) is 4.16. The van der Waals surface area contributed by atoms with Gasteiger partial charge in [-0.2, -0.15) is 11.8 Å². The minimum absolute atomic E-state index is 0.207. The Kier molecular flexibility index (Phi) is 3.24. The van der Waals surface area contributed by atoms with Gasteiger partial charge in [-0.3, -0.25) is 10.1 Å². The van der Waals surface area contributed by atoms with Gasteiger partial charge in [0.25, 0.3) is 5.69 Å². The largest absolute Gasteiger partial charge is 0.378 e. The van der Waals surface area contributed by atoms with E-state index in [0.29, 0.717) is 12.2 Å². The standard InChI is InChI=1S/C11H13FN2O2S/c1-17-11(4-5-11)7-13-9-3-2-8(12)6-10(9)14(15)16/h2-3,6,13H,4-5,7H2,1H3. The van der Waals surface area contributed by atoms with Crippen LogP contribution < -0.4 is 5.32 Å². The maximum atomic E-state index is 12.9. The van der Waals surface area contributed by atoms with Gasteiger partial charge < -0.3 is 5.32 Å². The summed E-state index contributed by atoms with van der Waals surface area (Å²) in [4.78, 5) is 10.2. The lowest BCUT2D eigenvalue weighted by atomic mass is 10.2. The highest BCUT2D eigenvalue weighted by Gasteiger charge is 2.41. The van der Waals surface area contributed by atoms with E-state index in [1.807, 2.05) is 6.26 Å². The van der Waals surface area contributed by atoms with Crippen LogP contribution in [0.2, 0.25) is 0 Å². The monoisotopic (exact) mass is 256 g/mol. The summed E-state index contributed by atoms with van der Waals surface area (Å²) in [7, 11) is 0. The first-order valence-electron chi connectivity index (χ1n) is 5.29. The summed E-state index contributed by atoms with van der Waals surface area (Å²) >= 11 is 1.77. The summed E-state index contributed by atoms with van der Waals surface area (Å²) in [5, 5.41) is 13.8. The van der Waals surface area contributed by atoms with Gasteiger partial charge in [-0.1, -0.05) is 0 Å². The molecule has 1 fully saturated rings. The normalized spacial score (nSPS) is 16.6. The van der Waals surface area contributed by atoms with Crippen molar-refractivity contribution in [1.29, 1.82) is 0 Å². The van der Waals surface area contributed by atoms with Crippen molar-refractivity contribution >= 4 is 23.1 Å². The highest BCUT2D eigenvalue weighted by molar-refractivity contribution is 8.00. The molecule has 0 radical (unpaired) electrons. The molecule has 0 spiro atoms. The van der Waals surface area contributed by atoms with Crippen molar-refractivity contribution < 1.29 is 9.31 Å². The first-order chi connectivity index (χ1) is 8.06. The smallest absolute Gasteiger partial charge is 0.295 e. The molecule has 1 aliphatic carbocycles. The molecule has 0 heterocycles. The zero-order valence-corrected chi connectivity index (χ0v) is 10.2. The number of halogens is 1. The number of nitrogens with one attached hydrogen (secondary N) is 1. The third-order valence-corrected chi connectivity index (χ3v) is 4.42. The van der Waals surface area contributed by atoms with Crippen LogP contribution >= 0.6 is 11.8 Å². The van der Waals surface area contributed by atoms with E-state index in [-0.39, 0.29) is 10.4 Å². The molecule has 17 heavy (non-hydrogen) atoms. The van der Waals surface area contributed by atoms with Crippen LogP contribution in [0.15, 0.2) is 18.2 Å². The molecule has 0 atom stereocenters. The molecule has 0 amide bonds. The van der Waals surface area contributed by atoms with E-state index in [1.54, 1.807) is 11.8 Å². The Morgan fingerprint density at radius 3 is 2.82 bits per heavy atom. The van der Waals surface area contributed by atoms with Crippen molar-refractivity contribution in [2.45, 2.75) is 17.6 Å². The van der Waals surface area contributed by atoms with Gasteiger partial charge in [0.05, 0.1) is 11.0 Å². The van der Waals surface area contributed by atoms with Crippen LogP contribution in [-0.2, 0) is 0 Å². The lowest BCUT2D eigenvalue weighted by Gasteiger charge is -2.14. The van der Waals surface area contributed by atoms with Gasteiger partial charge >= 0.3 is 0 Å². The molecular formula is C11H13FN2O2S. The van der Waals surface area contributed by atoms with Crippen molar-refractivity contribution in [3.05, 3.63) is 34.1 Å². The average Bonchev–Trinajstić information content (AvgIpc) is 3.08. The molecular weight excluding hydrogens is 243 g/mol. The van der Waals surface area contributed by atoms with E-state index < -0.39 is 10.7 Å². The van der Waals surface area contributed by atoms with E-state index in [9.17, 15) is 14.5 Å². The van der Waals surface area contributed by atoms with Gasteiger partial charge in [0.1, 0.15) is 11.5 Å². The van der Waals surface area contributed by atoms with Crippen LogP contribution in [0.5, 0.6) is 0 Å². The van der Waals surface area contributed by atoms with E-state index in [1.165, 1.54) is 12.1 Å². The Balaban J connectivity index is 2.12. The average molecular weight is 256 g/mol. The van der Waals surface area contributed by atoms with Crippen LogP contribution in [0.4, 0.5) is 15.8 Å². The molecule has 0 aromatic heterocycles. The van der Waals surface area contributed by atoms with Gasteiger partial charge in [0.2, 0.25) is 0 Å². The fourth-order valence-electron chi connectivity index (χ4n) is 1.65. The van der Waals surface area contributed by atoms with E-state index >= 15 is 0 Å². The maximum absolute atomic E-state index is 12.9. The van der Waals surface area contributed by atoms with Crippen molar-refractivity contribution in [2.75, 3.05) is 18.1 Å². The van der Waals surface area contributed by atoms with Crippen molar-refractivity contribution in [3.63, 3.8) is 0 Å². The Labute approximate surface area is 103 Å². The van der Waals surface area contributed by atoms with Crippen LogP contribution in [0, 0.1) is 15.9 Å². The molecule has 4 nitrogen and oxygen atoms in total. The third-order valence-electron chi connectivity index (χ3n) is 3.00. The summed E-state index contributed by atoms with van der Waals surface area (Å²) in [6.07, 6.45) is 4.28. The number of nitro groups is 1. The molecule has 0 saturated heterocycles. The molecule has 0 aliphatic heterocycles. The SMILES string of the molecule is CSC1(CNc2ccc(F)cc2[N+](=O)[O-])CC1. The molecule has 1 saturated carbocycles. The third kappa shape index (κ3) is 2.69. The van der Waals surface area contributed by atoms with Crippen molar-refractivity contribution in [1.82, 2.24) is 0 Å². The first-order valence-corrected chi connectivity index (χ1v) is 6.52. The Morgan fingerprint density at radius 2 is 2.29 bits per heavy atom. The molecule has 6 heteroatoms. The summed E-state index contributed by atoms with van der Waals surface area (Å²) in [5.41, 5.74) is 0.179. The fraction of sp³-hybridized carbons (Fsp3) is 0.455. The zero-order chi connectivity index (χ0) is 12.5. The number of nitrogens with zero attached hydrogens (tertiary/aromatic N) is 1. The maximum Gasteiger partial charge on any atom is 0.295 e. The van der Waals surface area contributed by atoms with Crippen molar-refractivity contribution in [3.8, 4) is 0 Å². The van der Waals surface area contributed by atoms with Gasteiger partial charge in [-0.15, -0.1) is 0 Å². The summed E-state index contributed by atoms with van der Waals surface area (Å²) in [6.45, 7) is 0.681. The number of thioether (sulfide) groups is 1. The lowest BCUT2D eigenvalue weighted by molar-refractivity contribution is -0.384. The lowest BCUT2D eigenvalue weighted by Crippen LogP contribution is -2.18. The summed E-state index contributed by atoms with van der Waals surface area (Å²) in [6, 6.07) is 3.60. The molecule has 0 bridgehead atoms. The Morgan fingerprint density at radius 1 is 1.59 bits per heavy atom.